The molecule has 21 heavy (non-hydrogen) atoms. The highest BCUT2D eigenvalue weighted by Crippen LogP contribution is 2.20. The zero-order valence-corrected chi connectivity index (χ0v) is 14.9. The van der Waals surface area contributed by atoms with E-state index in [0.29, 0.717) is 12.0 Å². The highest BCUT2D eigenvalue weighted by Gasteiger charge is 2.22. The molecule has 1 heterocycles. The molecule has 1 aliphatic heterocycles. The average molecular weight is 296 g/mol. The number of ether oxygens (including phenoxy) is 1. The van der Waals surface area contributed by atoms with Crippen molar-refractivity contribution in [1.82, 2.24) is 0 Å². The largest absolute Gasteiger partial charge is 0.479 e. The fourth-order valence-electron chi connectivity index (χ4n) is 2.92. The molecule has 0 saturated heterocycles. The maximum absolute atomic E-state index is 5.73. The van der Waals surface area contributed by atoms with Crippen molar-refractivity contribution in [3.05, 3.63) is 0 Å². The van der Waals surface area contributed by atoms with Gasteiger partial charge in [0.1, 0.15) is 6.61 Å². The van der Waals surface area contributed by atoms with Crippen LogP contribution >= 0.6 is 0 Å². The van der Waals surface area contributed by atoms with E-state index in [9.17, 15) is 0 Å². The number of aliphatic imine (C=N–C) groups is 1. The van der Waals surface area contributed by atoms with Gasteiger partial charge in [-0.2, -0.15) is 0 Å². The van der Waals surface area contributed by atoms with Gasteiger partial charge in [0.05, 0.1) is 6.04 Å². The fraction of sp³-hybridized carbons (Fsp3) is 0.947. The average Bonchev–Trinajstić information content (AvgIpc) is 2.90. The van der Waals surface area contributed by atoms with Gasteiger partial charge in [0.15, 0.2) is 5.90 Å². The summed E-state index contributed by atoms with van der Waals surface area (Å²) in [4.78, 5) is 4.71. The molecule has 0 aromatic rings. The molecular weight excluding hydrogens is 258 g/mol. The first-order valence-corrected chi connectivity index (χ1v) is 9.33. The van der Waals surface area contributed by atoms with Crippen LogP contribution in [0.3, 0.4) is 0 Å². The molecule has 2 nitrogen and oxygen atoms in total. The summed E-state index contributed by atoms with van der Waals surface area (Å²) in [6.07, 6.45) is 13.6. The zero-order chi connectivity index (χ0) is 15.5. The minimum absolute atomic E-state index is 0.398. The van der Waals surface area contributed by atoms with Crippen LogP contribution in [0.1, 0.15) is 91.9 Å². The summed E-state index contributed by atoms with van der Waals surface area (Å²) in [5.74, 6) is 2.33. The van der Waals surface area contributed by atoms with Crippen molar-refractivity contribution in [2.24, 2.45) is 16.8 Å². The van der Waals surface area contributed by atoms with E-state index in [1.807, 2.05) is 0 Å². The third-order valence-electron chi connectivity index (χ3n) is 4.57. The van der Waals surface area contributed by atoms with E-state index >= 15 is 0 Å². The lowest BCUT2D eigenvalue weighted by molar-refractivity contribution is 0.281. The molecule has 0 radical (unpaired) electrons. The number of hydrogen-bond acceptors (Lipinski definition) is 2. The Bertz CT molecular complexity index is 285. The van der Waals surface area contributed by atoms with Crippen LogP contribution in [0.5, 0.6) is 0 Å². The number of rotatable bonds is 12. The van der Waals surface area contributed by atoms with Crippen LogP contribution in [-0.2, 0) is 4.74 Å². The van der Waals surface area contributed by atoms with Crippen molar-refractivity contribution in [2.45, 2.75) is 97.9 Å². The molecule has 0 amide bonds. The normalized spacial score (nSPS) is 19.7. The molecule has 2 heteroatoms. The summed E-state index contributed by atoms with van der Waals surface area (Å²) < 4.78 is 5.73. The Balaban J connectivity index is 1.99. The third-order valence-corrected chi connectivity index (χ3v) is 4.57. The maximum atomic E-state index is 5.73. The Hall–Kier alpha value is -0.530. The molecule has 2 unspecified atom stereocenters. The van der Waals surface area contributed by atoms with Crippen LogP contribution in [-0.4, -0.2) is 18.5 Å². The van der Waals surface area contributed by atoms with Crippen molar-refractivity contribution >= 4 is 5.90 Å². The lowest BCUT2D eigenvalue weighted by atomic mass is 9.98. The van der Waals surface area contributed by atoms with Crippen LogP contribution in [0.2, 0.25) is 0 Å². The topological polar surface area (TPSA) is 21.6 Å². The summed E-state index contributed by atoms with van der Waals surface area (Å²) in [5, 5.41) is 0. The second-order valence-electron chi connectivity index (χ2n) is 7.22. The van der Waals surface area contributed by atoms with Crippen LogP contribution in [0.15, 0.2) is 4.99 Å². The predicted molar refractivity (Wildman–Crippen MR) is 93.0 cm³/mol. The third kappa shape index (κ3) is 8.48. The predicted octanol–water partition coefficient (Wildman–Crippen LogP) is 6.00. The molecule has 1 rings (SSSR count). The standard InChI is InChI=1S/C19H37NO/c1-5-6-7-8-9-10-11-12-13-17(4)14-19-20-18(15-21-19)16(2)3/h16-18H,5-15H2,1-4H3. The molecule has 0 N–H and O–H groups in total. The van der Waals surface area contributed by atoms with E-state index < -0.39 is 0 Å². The molecule has 0 fully saturated rings. The summed E-state index contributed by atoms with van der Waals surface area (Å²) in [6, 6.07) is 0.398. The summed E-state index contributed by atoms with van der Waals surface area (Å²) in [5.41, 5.74) is 0. The number of nitrogens with zero attached hydrogens (tertiary/aromatic N) is 1. The molecular formula is C19H37NO. The number of hydrogen-bond donors (Lipinski definition) is 0. The van der Waals surface area contributed by atoms with Crippen molar-refractivity contribution in [3.8, 4) is 0 Å². The van der Waals surface area contributed by atoms with E-state index in [2.05, 4.69) is 27.7 Å². The molecule has 1 aliphatic rings. The molecule has 0 spiro atoms. The van der Waals surface area contributed by atoms with E-state index in [0.717, 1.165) is 24.8 Å². The van der Waals surface area contributed by atoms with Crippen molar-refractivity contribution in [2.75, 3.05) is 6.61 Å². The Morgan fingerprint density at radius 3 is 2.19 bits per heavy atom. The lowest BCUT2D eigenvalue weighted by Gasteiger charge is -2.10. The van der Waals surface area contributed by atoms with Gasteiger partial charge in [-0.05, 0) is 11.8 Å². The summed E-state index contributed by atoms with van der Waals surface area (Å²) in [6.45, 7) is 9.88. The van der Waals surface area contributed by atoms with Crippen LogP contribution in [0, 0.1) is 11.8 Å². The SMILES string of the molecule is CCCCCCCCCCC(C)CC1=NC(C(C)C)CO1. The zero-order valence-electron chi connectivity index (χ0n) is 14.9. The Morgan fingerprint density at radius 2 is 1.62 bits per heavy atom. The molecule has 124 valence electrons. The van der Waals surface area contributed by atoms with Gasteiger partial charge in [0.2, 0.25) is 0 Å². The van der Waals surface area contributed by atoms with E-state index in [1.54, 1.807) is 0 Å². The van der Waals surface area contributed by atoms with Crippen molar-refractivity contribution in [1.29, 1.82) is 0 Å². The first-order valence-electron chi connectivity index (χ1n) is 9.33. The molecule has 0 aliphatic carbocycles. The van der Waals surface area contributed by atoms with Crippen LogP contribution in [0.4, 0.5) is 0 Å². The molecule has 2 atom stereocenters. The molecule has 0 aromatic carbocycles. The highest BCUT2D eigenvalue weighted by molar-refractivity contribution is 5.77. The van der Waals surface area contributed by atoms with Crippen molar-refractivity contribution in [3.63, 3.8) is 0 Å². The quantitative estimate of drug-likeness (QED) is 0.405. The van der Waals surface area contributed by atoms with Gasteiger partial charge >= 0.3 is 0 Å². The van der Waals surface area contributed by atoms with Gasteiger partial charge in [-0.25, -0.2) is 4.99 Å². The molecule has 0 saturated carbocycles. The van der Waals surface area contributed by atoms with Gasteiger partial charge in [0.25, 0.3) is 0 Å². The van der Waals surface area contributed by atoms with Gasteiger partial charge in [-0.1, -0.05) is 85.5 Å². The molecule has 0 bridgehead atoms. The molecule has 0 aromatic heterocycles. The smallest absolute Gasteiger partial charge is 0.183 e. The summed E-state index contributed by atoms with van der Waals surface area (Å²) in [7, 11) is 0. The van der Waals surface area contributed by atoms with Gasteiger partial charge < -0.3 is 4.74 Å². The van der Waals surface area contributed by atoms with E-state index in [1.165, 1.54) is 57.8 Å². The van der Waals surface area contributed by atoms with Gasteiger partial charge in [-0.3, -0.25) is 0 Å². The first-order chi connectivity index (χ1) is 10.1. The maximum Gasteiger partial charge on any atom is 0.183 e. The van der Waals surface area contributed by atoms with Crippen LogP contribution < -0.4 is 0 Å². The minimum atomic E-state index is 0.398. The monoisotopic (exact) mass is 295 g/mol. The second kappa shape index (κ2) is 11.1. The van der Waals surface area contributed by atoms with Crippen LogP contribution in [0.25, 0.3) is 0 Å². The highest BCUT2D eigenvalue weighted by atomic mass is 16.5. The Labute approximate surface area is 132 Å². The minimum Gasteiger partial charge on any atom is -0.479 e. The van der Waals surface area contributed by atoms with Crippen molar-refractivity contribution < 1.29 is 4.74 Å². The van der Waals surface area contributed by atoms with E-state index in [4.69, 9.17) is 9.73 Å². The van der Waals surface area contributed by atoms with Gasteiger partial charge in [0, 0.05) is 6.42 Å². The number of unbranched alkanes of at least 4 members (excludes halogenated alkanes) is 7. The fourth-order valence-corrected chi connectivity index (χ4v) is 2.92. The van der Waals surface area contributed by atoms with Gasteiger partial charge in [-0.15, -0.1) is 0 Å². The Morgan fingerprint density at radius 1 is 1.00 bits per heavy atom. The second-order valence-corrected chi connectivity index (χ2v) is 7.22. The lowest BCUT2D eigenvalue weighted by Crippen LogP contribution is -2.13. The summed E-state index contributed by atoms with van der Waals surface area (Å²) >= 11 is 0. The van der Waals surface area contributed by atoms with E-state index in [-0.39, 0.29) is 0 Å². The Kier molecular flexibility index (Phi) is 9.78. The first kappa shape index (κ1) is 18.5.